The van der Waals surface area contributed by atoms with Gasteiger partial charge in [-0.3, -0.25) is 4.79 Å². The molecule has 0 aliphatic heterocycles. The number of anilines is 2. The van der Waals surface area contributed by atoms with Gasteiger partial charge in [0.05, 0.1) is 0 Å². The van der Waals surface area contributed by atoms with Gasteiger partial charge in [-0.25, -0.2) is 4.79 Å². The lowest BCUT2D eigenvalue weighted by Gasteiger charge is -2.07. The van der Waals surface area contributed by atoms with Crippen molar-refractivity contribution < 1.29 is 9.59 Å². The van der Waals surface area contributed by atoms with E-state index in [9.17, 15) is 9.59 Å². The van der Waals surface area contributed by atoms with Gasteiger partial charge in [-0.2, -0.15) is 0 Å². The van der Waals surface area contributed by atoms with Gasteiger partial charge in [-0.15, -0.1) is 0 Å². The van der Waals surface area contributed by atoms with Crippen LogP contribution in [0.15, 0.2) is 36.5 Å². The fourth-order valence-electron chi connectivity index (χ4n) is 2.42. The van der Waals surface area contributed by atoms with Gasteiger partial charge in [0.2, 0.25) is 5.91 Å². The van der Waals surface area contributed by atoms with Crippen LogP contribution in [-0.4, -0.2) is 11.9 Å². The first-order valence-corrected chi connectivity index (χ1v) is 7.25. The summed E-state index contributed by atoms with van der Waals surface area (Å²) in [5.41, 5.74) is 1.38. The van der Waals surface area contributed by atoms with E-state index in [-0.39, 0.29) is 11.9 Å². The molecule has 1 aromatic rings. The minimum absolute atomic E-state index is 0.120. The Kier molecular flexibility index (Phi) is 5.37. The number of hydrogen-bond donors (Lipinski definition) is 3. The monoisotopic (exact) mass is 287 g/mol. The van der Waals surface area contributed by atoms with Gasteiger partial charge in [-0.1, -0.05) is 18.9 Å². The van der Waals surface area contributed by atoms with Crippen molar-refractivity contribution in [1.82, 2.24) is 5.32 Å². The van der Waals surface area contributed by atoms with Gasteiger partial charge < -0.3 is 16.0 Å². The molecule has 1 aliphatic carbocycles. The van der Waals surface area contributed by atoms with Crippen LogP contribution in [0.4, 0.5) is 16.2 Å². The lowest BCUT2D eigenvalue weighted by molar-refractivity contribution is -0.114. The number of hydrogen-bond acceptors (Lipinski definition) is 2. The van der Waals surface area contributed by atoms with E-state index < -0.39 is 0 Å². The van der Waals surface area contributed by atoms with Crippen molar-refractivity contribution in [3.63, 3.8) is 0 Å². The normalized spacial score (nSPS) is 15.1. The van der Waals surface area contributed by atoms with Crippen molar-refractivity contribution >= 4 is 23.3 Å². The molecule has 3 amide bonds. The number of urea groups is 1. The topological polar surface area (TPSA) is 70.2 Å². The summed E-state index contributed by atoms with van der Waals surface area (Å²) < 4.78 is 0. The third kappa shape index (κ3) is 5.30. The van der Waals surface area contributed by atoms with Crippen LogP contribution in [0.3, 0.4) is 0 Å². The van der Waals surface area contributed by atoms with Gasteiger partial charge in [0.25, 0.3) is 0 Å². The van der Waals surface area contributed by atoms with E-state index in [1.807, 2.05) is 0 Å². The molecule has 1 aliphatic rings. The highest BCUT2D eigenvalue weighted by atomic mass is 16.2. The van der Waals surface area contributed by atoms with E-state index in [1.165, 1.54) is 32.6 Å². The largest absolute Gasteiger partial charge is 0.326 e. The van der Waals surface area contributed by atoms with Crippen molar-refractivity contribution in [3.8, 4) is 0 Å². The first kappa shape index (κ1) is 15.1. The molecule has 2 rings (SSSR count). The number of carbonyl (C=O) groups is 2. The van der Waals surface area contributed by atoms with Gasteiger partial charge in [0.1, 0.15) is 0 Å². The summed E-state index contributed by atoms with van der Waals surface area (Å²) in [7, 11) is 0. The van der Waals surface area contributed by atoms with E-state index >= 15 is 0 Å². The van der Waals surface area contributed by atoms with Crippen LogP contribution in [0, 0.1) is 5.92 Å². The van der Waals surface area contributed by atoms with Crippen molar-refractivity contribution in [2.75, 3.05) is 10.6 Å². The molecule has 0 unspecified atom stereocenters. The Morgan fingerprint density at radius 1 is 1.05 bits per heavy atom. The molecule has 0 saturated heterocycles. The Hall–Kier alpha value is -2.30. The fourth-order valence-corrected chi connectivity index (χ4v) is 2.42. The molecular weight excluding hydrogens is 266 g/mol. The van der Waals surface area contributed by atoms with Crippen molar-refractivity contribution in [1.29, 1.82) is 0 Å². The van der Waals surface area contributed by atoms with Gasteiger partial charge >= 0.3 is 6.03 Å². The van der Waals surface area contributed by atoms with E-state index in [0.717, 1.165) is 0 Å². The predicted molar refractivity (Wildman–Crippen MR) is 84.0 cm³/mol. The Morgan fingerprint density at radius 2 is 1.62 bits per heavy atom. The highest BCUT2D eigenvalue weighted by molar-refractivity contribution is 5.91. The first-order valence-electron chi connectivity index (χ1n) is 7.25. The van der Waals surface area contributed by atoms with E-state index in [2.05, 4.69) is 22.0 Å². The zero-order valence-electron chi connectivity index (χ0n) is 12.2. The second kappa shape index (κ2) is 7.47. The molecule has 5 heteroatoms. The van der Waals surface area contributed by atoms with Gasteiger partial charge in [-0.05, 0) is 43.0 Å². The van der Waals surface area contributed by atoms with Crippen LogP contribution in [-0.2, 0) is 4.79 Å². The SMILES string of the molecule is CC(=O)Nc1ccc(NC(=O)N/C=C/C2CCCC2)cc1. The molecule has 5 nitrogen and oxygen atoms in total. The van der Waals surface area contributed by atoms with Gasteiger partial charge in [0, 0.05) is 24.5 Å². The number of carbonyl (C=O) groups excluding carboxylic acids is 2. The quantitative estimate of drug-likeness (QED) is 0.793. The van der Waals surface area contributed by atoms with E-state index in [0.29, 0.717) is 17.3 Å². The van der Waals surface area contributed by atoms with Crippen molar-refractivity contribution in [3.05, 3.63) is 36.5 Å². The number of benzene rings is 1. The maximum Gasteiger partial charge on any atom is 0.323 e. The molecule has 0 spiro atoms. The van der Waals surface area contributed by atoms with E-state index in [4.69, 9.17) is 0 Å². The number of rotatable bonds is 4. The molecule has 0 radical (unpaired) electrons. The zero-order valence-corrected chi connectivity index (χ0v) is 12.2. The first-order chi connectivity index (χ1) is 10.1. The number of nitrogens with one attached hydrogen (secondary N) is 3. The van der Waals surface area contributed by atoms with Crippen LogP contribution < -0.4 is 16.0 Å². The highest BCUT2D eigenvalue weighted by Crippen LogP contribution is 2.25. The summed E-state index contributed by atoms with van der Waals surface area (Å²) in [4.78, 5) is 22.6. The summed E-state index contributed by atoms with van der Waals surface area (Å²) in [6.45, 7) is 1.45. The molecular formula is C16H21N3O2. The lowest BCUT2D eigenvalue weighted by atomic mass is 10.1. The molecule has 21 heavy (non-hydrogen) atoms. The number of allylic oxidation sites excluding steroid dienone is 1. The Labute approximate surface area is 124 Å². The number of amides is 3. The second-order valence-electron chi connectivity index (χ2n) is 5.26. The fraction of sp³-hybridized carbons (Fsp3) is 0.375. The maximum atomic E-state index is 11.7. The highest BCUT2D eigenvalue weighted by Gasteiger charge is 2.11. The average Bonchev–Trinajstić information content (AvgIpc) is 2.93. The third-order valence-corrected chi connectivity index (χ3v) is 3.45. The van der Waals surface area contributed by atoms with Crippen LogP contribution in [0.5, 0.6) is 0 Å². The molecule has 1 aromatic carbocycles. The van der Waals surface area contributed by atoms with Crippen LogP contribution >= 0.6 is 0 Å². The predicted octanol–water partition coefficient (Wildman–Crippen LogP) is 3.47. The summed E-state index contributed by atoms with van der Waals surface area (Å²) in [6, 6.07) is 6.70. The molecule has 0 aromatic heterocycles. The Balaban J connectivity index is 1.77. The maximum absolute atomic E-state index is 11.7. The summed E-state index contributed by atoms with van der Waals surface area (Å²) in [5.74, 6) is 0.479. The van der Waals surface area contributed by atoms with Gasteiger partial charge in [0.15, 0.2) is 0 Å². The summed E-state index contributed by atoms with van der Waals surface area (Å²) >= 11 is 0. The molecule has 3 N–H and O–H groups in total. The van der Waals surface area contributed by atoms with Crippen LogP contribution in [0.2, 0.25) is 0 Å². The average molecular weight is 287 g/mol. The molecule has 1 fully saturated rings. The second-order valence-corrected chi connectivity index (χ2v) is 5.26. The lowest BCUT2D eigenvalue weighted by Crippen LogP contribution is -2.24. The Bertz CT molecular complexity index is 517. The van der Waals surface area contributed by atoms with Crippen molar-refractivity contribution in [2.24, 2.45) is 5.92 Å². The minimum Gasteiger partial charge on any atom is -0.326 e. The molecule has 0 heterocycles. The summed E-state index contributed by atoms with van der Waals surface area (Å²) in [6.07, 6.45) is 8.77. The minimum atomic E-state index is -0.267. The van der Waals surface area contributed by atoms with Crippen LogP contribution in [0.1, 0.15) is 32.6 Å². The standard InChI is InChI=1S/C16H21N3O2/c1-12(20)18-14-6-8-15(9-7-14)19-16(21)17-11-10-13-4-2-3-5-13/h6-11,13H,2-5H2,1H3,(H,18,20)(H2,17,19,21)/b11-10+. The molecule has 0 atom stereocenters. The Morgan fingerprint density at radius 3 is 2.19 bits per heavy atom. The molecule has 0 bridgehead atoms. The molecule has 1 saturated carbocycles. The third-order valence-electron chi connectivity index (χ3n) is 3.45. The van der Waals surface area contributed by atoms with Crippen LogP contribution in [0.25, 0.3) is 0 Å². The smallest absolute Gasteiger partial charge is 0.323 e. The zero-order chi connectivity index (χ0) is 15.1. The summed E-state index contributed by atoms with van der Waals surface area (Å²) in [5, 5.41) is 8.11. The van der Waals surface area contributed by atoms with Crippen molar-refractivity contribution in [2.45, 2.75) is 32.6 Å². The van der Waals surface area contributed by atoms with E-state index in [1.54, 1.807) is 30.5 Å². The molecule has 112 valence electrons.